The summed E-state index contributed by atoms with van der Waals surface area (Å²) >= 11 is 0. The molecule has 0 saturated heterocycles. The Morgan fingerprint density at radius 3 is 2.06 bits per heavy atom. The molecule has 0 aliphatic carbocycles. The molecule has 0 amide bonds. The minimum atomic E-state index is -1.91. The first kappa shape index (κ1) is 19.4. The van der Waals surface area contributed by atoms with Gasteiger partial charge in [0.1, 0.15) is 0 Å². The molecule has 2 N–H and O–H groups in total. The van der Waals surface area contributed by atoms with Crippen molar-refractivity contribution >= 4 is 40.5 Å². The molecule has 0 bridgehead atoms. The molecule has 110 valence electrons. The SMILES string of the molecule is CCCC[SiH](C)P(C[Si](C)(C)O)PC[Si](C)(C)O. The van der Waals surface area contributed by atoms with E-state index in [-0.39, 0.29) is 7.16 Å². The lowest BCUT2D eigenvalue weighted by molar-refractivity contribution is 0.558. The van der Waals surface area contributed by atoms with Crippen LogP contribution in [0.5, 0.6) is 0 Å². The lowest BCUT2D eigenvalue weighted by Crippen LogP contribution is -2.32. The van der Waals surface area contributed by atoms with Crippen molar-refractivity contribution in [2.45, 2.75) is 58.5 Å². The fraction of sp³-hybridized carbons (Fsp3) is 1.00. The molecule has 7 heteroatoms. The second kappa shape index (κ2) is 8.66. The molecular weight excluding hydrogens is 310 g/mol. The Bertz CT molecular complexity index is 229. The van der Waals surface area contributed by atoms with Gasteiger partial charge in [0.2, 0.25) is 0 Å². The van der Waals surface area contributed by atoms with Crippen LogP contribution < -0.4 is 0 Å². The van der Waals surface area contributed by atoms with Crippen LogP contribution in [0.1, 0.15) is 19.8 Å². The summed E-state index contributed by atoms with van der Waals surface area (Å²) in [7, 11) is -3.44. The van der Waals surface area contributed by atoms with Crippen LogP contribution in [0.4, 0.5) is 0 Å². The van der Waals surface area contributed by atoms with E-state index in [0.717, 1.165) is 19.8 Å². The van der Waals surface area contributed by atoms with Crippen molar-refractivity contribution in [1.82, 2.24) is 0 Å². The summed E-state index contributed by atoms with van der Waals surface area (Å²) < 4.78 is 0. The summed E-state index contributed by atoms with van der Waals surface area (Å²) in [6.07, 6.45) is 2.66. The first-order chi connectivity index (χ1) is 8.05. The zero-order chi connectivity index (χ0) is 14.4. The van der Waals surface area contributed by atoms with Crippen molar-refractivity contribution in [2.24, 2.45) is 0 Å². The highest BCUT2D eigenvalue weighted by molar-refractivity contribution is 8.36. The molecule has 0 aromatic rings. The predicted molar refractivity (Wildman–Crippen MR) is 97.1 cm³/mol. The lowest BCUT2D eigenvalue weighted by atomic mass is 10.4. The van der Waals surface area contributed by atoms with Crippen LogP contribution in [0.25, 0.3) is 0 Å². The molecule has 0 aliphatic heterocycles. The van der Waals surface area contributed by atoms with Crippen molar-refractivity contribution in [1.29, 1.82) is 0 Å². The normalized spacial score (nSPS) is 17.3. The molecule has 0 spiro atoms. The molecule has 0 rings (SSSR count). The highest BCUT2D eigenvalue weighted by atomic mass is 32.2. The summed E-state index contributed by atoms with van der Waals surface area (Å²) in [4.78, 5) is 20.3. The first-order valence-corrected chi connectivity index (χ1v) is 20.5. The van der Waals surface area contributed by atoms with Gasteiger partial charge < -0.3 is 9.59 Å². The molecule has 0 fully saturated rings. The third kappa shape index (κ3) is 11.3. The largest absolute Gasteiger partial charge is 0.432 e. The summed E-state index contributed by atoms with van der Waals surface area (Å²) in [5, 5.41) is 0. The van der Waals surface area contributed by atoms with Crippen LogP contribution in [-0.4, -0.2) is 46.3 Å². The Labute approximate surface area is 120 Å². The van der Waals surface area contributed by atoms with Crippen molar-refractivity contribution < 1.29 is 9.59 Å². The van der Waals surface area contributed by atoms with Crippen LogP contribution >= 0.6 is 15.4 Å². The second-order valence-corrected chi connectivity index (χ2v) is 28.8. The van der Waals surface area contributed by atoms with Gasteiger partial charge >= 0.3 is 0 Å². The highest BCUT2D eigenvalue weighted by Crippen LogP contribution is 2.59. The van der Waals surface area contributed by atoms with Gasteiger partial charge in [-0.1, -0.05) is 32.4 Å². The van der Waals surface area contributed by atoms with Crippen LogP contribution in [-0.2, 0) is 0 Å². The summed E-state index contributed by atoms with van der Waals surface area (Å²) in [6, 6.07) is 1.44. The number of hydrogen-bond acceptors (Lipinski definition) is 2. The van der Waals surface area contributed by atoms with Crippen molar-refractivity contribution in [3.8, 4) is 0 Å². The van der Waals surface area contributed by atoms with Crippen molar-refractivity contribution in [3.63, 3.8) is 0 Å². The quantitative estimate of drug-likeness (QED) is 0.495. The van der Waals surface area contributed by atoms with E-state index in [2.05, 4.69) is 26.6 Å². The second-order valence-electron chi connectivity index (χ2n) is 6.58. The Morgan fingerprint density at radius 1 is 1.11 bits per heavy atom. The molecule has 3 unspecified atom stereocenters. The van der Waals surface area contributed by atoms with Gasteiger partial charge in [-0.3, -0.25) is 0 Å². The molecule has 2 nitrogen and oxygen atoms in total. The molecule has 0 aromatic carbocycles. The maximum absolute atomic E-state index is 10.2. The zero-order valence-electron chi connectivity index (χ0n) is 13.0. The lowest BCUT2D eigenvalue weighted by Gasteiger charge is -2.30. The van der Waals surface area contributed by atoms with E-state index < -0.39 is 25.1 Å². The summed E-state index contributed by atoms with van der Waals surface area (Å²) in [6.45, 7) is 13.0. The van der Waals surface area contributed by atoms with Crippen LogP contribution in [0.15, 0.2) is 0 Å². The van der Waals surface area contributed by atoms with Crippen molar-refractivity contribution in [3.05, 3.63) is 0 Å². The highest BCUT2D eigenvalue weighted by Gasteiger charge is 2.29. The van der Waals surface area contributed by atoms with E-state index >= 15 is 0 Å². The molecule has 0 heterocycles. The van der Waals surface area contributed by atoms with E-state index in [1.807, 2.05) is 13.1 Å². The van der Waals surface area contributed by atoms with Gasteiger partial charge in [-0.2, -0.15) is 0 Å². The van der Waals surface area contributed by atoms with E-state index in [9.17, 15) is 9.59 Å². The minimum absolute atomic E-state index is 0.0672. The first-order valence-electron chi connectivity index (χ1n) is 7.00. The molecule has 0 aliphatic rings. The van der Waals surface area contributed by atoms with Gasteiger partial charge in [-0.15, -0.1) is 15.4 Å². The van der Waals surface area contributed by atoms with E-state index in [4.69, 9.17) is 0 Å². The van der Waals surface area contributed by atoms with Crippen LogP contribution in [0.2, 0.25) is 38.8 Å². The van der Waals surface area contributed by atoms with E-state index in [1.54, 1.807) is 0 Å². The molecule has 3 atom stereocenters. The average Bonchev–Trinajstić information content (AvgIpc) is 2.17. The Hall–Kier alpha value is 1.43. The number of hydrogen-bond donors (Lipinski definition) is 2. The maximum Gasteiger partial charge on any atom is 0.186 e. The minimum Gasteiger partial charge on any atom is -0.432 e. The molecular formula is C11H32O2P2Si3. The molecule has 0 saturated carbocycles. The summed E-state index contributed by atoms with van der Waals surface area (Å²) in [5.41, 5.74) is 0. The number of unbranched alkanes of at least 4 members (excludes halogenated alkanes) is 1. The Morgan fingerprint density at radius 2 is 1.67 bits per heavy atom. The zero-order valence-corrected chi connectivity index (χ0v) is 18.0. The van der Waals surface area contributed by atoms with Crippen LogP contribution in [0, 0.1) is 0 Å². The molecule has 0 radical (unpaired) electrons. The van der Waals surface area contributed by atoms with Gasteiger partial charge in [-0.05, 0) is 37.8 Å². The topological polar surface area (TPSA) is 40.5 Å². The van der Waals surface area contributed by atoms with E-state index in [0.29, 0.717) is 0 Å². The van der Waals surface area contributed by atoms with E-state index in [1.165, 1.54) is 18.9 Å². The number of rotatable bonds is 9. The summed E-state index contributed by atoms with van der Waals surface area (Å²) in [5.74, 6) is 2.19. The predicted octanol–water partition coefficient (Wildman–Crippen LogP) is 3.69. The third-order valence-corrected chi connectivity index (χ3v) is 29.3. The third-order valence-electron chi connectivity index (χ3n) is 2.78. The van der Waals surface area contributed by atoms with Gasteiger partial charge in [0, 0.05) is 0 Å². The maximum atomic E-state index is 10.2. The standard InChI is InChI=1S/C11H32O2P2Si3/c1-7-8-9-16(2)15(11-18(5,6)13)14-10-17(3,4)12/h12-14,16H,7-11H2,1-6H3. The monoisotopic (exact) mass is 342 g/mol. The van der Waals surface area contributed by atoms with Gasteiger partial charge in [0.15, 0.2) is 16.6 Å². The fourth-order valence-corrected chi connectivity index (χ4v) is 36.2. The Kier molecular flexibility index (Phi) is 9.35. The van der Waals surface area contributed by atoms with Gasteiger partial charge in [-0.25, -0.2) is 0 Å². The fourth-order valence-electron chi connectivity index (χ4n) is 1.73. The average molecular weight is 343 g/mol. The Balaban J connectivity index is 4.42. The smallest absolute Gasteiger partial charge is 0.186 e. The van der Waals surface area contributed by atoms with Gasteiger partial charge in [0.05, 0.1) is 8.46 Å². The van der Waals surface area contributed by atoms with Crippen molar-refractivity contribution in [2.75, 3.05) is 11.6 Å². The van der Waals surface area contributed by atoms with Gasteiger partial charge in [0.25, 0.3) is 0 Å². The molecule has 0 aromatic heterocycles. The molecule has 18 heavy (non-hydrogen) atoms. The van der Waals surface area contributed by atoms with Crippen LogP contribution in [0.3, 0.4) is 0 Å².